The summed E-state index contributed by atoms with van der Waals surface area (Å²) in [6, 6.07) is 4.13. The molecular weight excluding hydrogens is 267 g/mol. The second-order valence-electron chi connectivity index (χ2n) is 3.00. The van der Waals surface area contributed by atoms with Gasteiger partial charge in [-0.1, -0.05) is 15.9 Å². The van der Waals surface area contributed by atoms with Crippen molar-refractivity contribution in [2.75, 3.05) is 7.11 Å². The molecule has 0 spiro atoms. The van der Waals surface area contributed by atoms with E-state index in [-0.39, 0.29) is 6.42 Å². The van der Waals surface area contributed by atoms with E-state index in [0.29, 0.717) is 10.0 Å². The van der Waals surface area contributed by atoms with Crippen molar-refractivity contribution in [1.29, 1.82) is 0 Å². The molecule has 1 aromatic carbocycles. The second-order valence-corrected chi connectivity index (χ2v) is 3.86. The zero-order valence-corrected chi connectivity index (χ0v) is 9.62. The molecule has 0 radical (unpaired) electrons. The maximum absolute atomic E-state index is 12.9. The minimum atomic E-state index is -1.06. The molecule has 0 bridgehead atoms. The average molecular weight is 277 g/mol. The topological polar surface area (TPSA) is 46.5 Å². The number of carboxylic acid groups (broad SMARTS) is 1. The van der Waals surface area contributed by atoms with E-state index in [1.807, 2.05) is 0 Å². The number of ether oxygens (including phenoxy) is 1. The van der Waals surface area contributed by atoms with Crippen LogP contribution in [-0.4, -0.2) is 24.3 Å². The summed E-state index contributed by atoms with van der Waals surface area (Å²) < 4.78 is 18.3. The molecule has 1 rings (SSSR count). The predicted molar refractivity (Wildman–Crippen MR) is 56.2 cm³/mol. The Morgan fingerprint density at radius 3 is 2.87 bits per heavy atom. The zero-order chi connectivity index (χ0) is 11.4. The molecule has 1 aromatic rings. The third-order valence-corrected chi connectivity index (χ3v) is 2.75. The van der Waals surface area contributed by atoms with Crippen LogP contribution >= 0.6 is 15.9 Å². The highest BCUT2D eigenvalue weighted by atomic mass is 79.9. The fraction of sp³-hybridized carbons (Fsp3) is 0.300. The van der Waals surface area contributed by atoms with Crippen LogP contribution in [-0.2, 0) is 16.0 Å². The molecule has 1 unspecified atom stereocenters. The molecular formula is C10H10BrFO3. The molecule has 82 valence electrons. The van der Waals surface area contributed by atoms with E-state index in [2.05, 4.69) is 15.9 Å². The minimum Gasteiger partial charge on any atom is -0.479 e. The molecule has 0 heterocycles. The van der Waals surface area contributed by atoms with Gasteiger partial charge >= 0.3 is 5.97 Å². The van der Waals surface area contributed by atoms with Gasteiger partial charge in [0, 0.05) is 18.0 Å². The molecule has 15 heavy (non-hydrogen) atoms. The predicted octanol–water partition coefficient (Wildman–Crippen LogP) is 2.23. The number of rotatable bonds is 4. The molecule has 0 saturated carbocycles. The second kappa shape index (κ2) is 5.23. The lowest BCUT2D eigenvalue weighted by Gasteiger charge is -2.11. The average Bonchev–Trinajstić information content (AvgIpc) is 2.18. The molecule has 0 fully saturated rings. The summed E-state index contributed by atoms with van der Waals surface area (Å²) >= 11 is 3.22. The smallest absolute Gasteiger partial charge is 0.333 e. The SMILES string of the molecule is COC(Cc1cc(F)ccc1Br)C(=O)O. The Labute approximate surface area is 95.0 Å². The highest BCUT2D eigenvalue weighted by Gasteiger charge is 2.18. The van der Waals surface area contributed by atoms with Gasteiger partial charge in [0.2, 0.25) is 0 Å². The Bertz CT molecular complexity index is 368. The summed E-state index contributed by atoms with van der Waals surface area (Å²) in [6.07, 6.45) is -0.826. The fourth-order valence-corrected chi connectivity index (χ4v) is 1.58. The van der Waals surface area contributed by atoms with Crippen molar-refractivity contribution in [3.05, 3.63) is 34.1 Å². The van der Waals surface area contributed by atoms with Gasteiger partial charge in [-0.3, -0.25) is 0 Å². The summed E-state index contributed by atoms with van der Waals surface area (Å²) in [7, 11) is 1.31. The number of benzene rings is 1. The summed E-state index contributed by atoms with van der Waals surface area (Å²) in [4.78, 5) is 10.7. The number of methoxy groups -OCH3 is 1. The normalized spacial score (nSPS) is 12.5. The fourth-order valence-electron chi connectivity index (χ4n) is 1.17. The third-order valence-electron chi connectivity index (χ3n) is 1.97. The number of carboxylic acids is 1. The molecule has 5 heteroatoms. The van der Waals surface area contributed by atoms with E-state index >= 15 is 0 Å². The van der Waals surface area contributed by atoms with Gasteiger partial charge in [0.15, 0.2) is 6.10 Å². The third kappa shape index (κ3) is 3.28. The van der Waals surface area contributed by atoms with Crippen LogP contribution in [0.2, 0.25) is 0 Å². The maximum atomic E-state index is 12.9. The summed E-state index contributed by atoms with van der Waals surface area (Å²) in [5.74, 6) is -1.46. The van der Waals surface area contributed by atoms with E-state index in [4.69, 9.17) is 9.84 Å². The largest absolute Gasteiger partial charge is 0.479 e. The number of hydrogen-bond donors (Lipinski definition) is 1. The van der Waals surface area contributed by atoms with Crippen molar-refractivity contribution >= 4 is 21.9 Å². The quantitative estimate of drug-likeness (QED) is 0.918. The number of halogens is 2. The molecule has 1 atom stereocenters. The van der Waals surface area contributed by atoms with Crippen LogP contribution in [0, 0.1) is 5.82 Å². The summed E-state index contributed by atoms with van der Waals surface area (Å²) in [5, 5.41) is 8.76. The van der Waals surface area contributed by atoms with Crippen molar-refractivity contribution in [3.8, 4) is 0 Å². The van der Waals surface area contributed by atoms with Gasteiger partial charge in [-0.15, -0.1) is 0 Å². The minimum absolute atomic E-state index is 0.129. The van der Waals surface area contributed by atoms with E-state index in [9.17, 15) is 9.18 Å². The first-order chi connectivity index (χ1) is 7.04. The lowest BCUT2D eigenvalue weighted by Crippen LogP contribution is -2.25. The molecule has 1 N–H and O–H groups in total. The van der Waals surface area contributed by atoms with E-state index in [1.165, 1.54) is 19.2 Å². The van der Waals surface area contributed by atoms with Gasteiger partial charge in [-0.05, 0) is 23.8 Å². The van der Waals surface area contributed by atoms with E-state index < -0.39 is 17.9 Å². The molecule has 0 aromatic heterocycles. The Morgan fingerprint density at radius 2 is 2.33 bits per heavy atom. The lowest BCUT2D eigenvalue weighted by molar-refractivity contribution is -0.148. The first-order valence-corrected chi connectivity index (χ1v) is 5.03. The molecule has 0 aliphatic rings. The standard InChI is InChI=1S/C10H10BrFO3/c1-15-9(10(13)14)5-6-4-7(12)2-3-8(6)11/h2-4,9H,5H2,1H3,(H,13,14). The Hall–Kier alpha value is -0.940. The highest BCUT2D eigenvalue weighted by molar-refractivity contribution is 9.10. The molecule has 0 aliphatic carbocycles. The summed E-state index contributed by atoms with van der Waals surface area (Å²) in [5.41, 5.74) is 0.573. The van der Waals surface area contributed by atoms with Gasteiger partial charge < -0.3 is 9.84 Å². The highest BCUT2D eigenvalue weighted by Crippen LogP contribution is 2.20. The monoisotopic (exact) mass is 276 g/mol. The van der Waals surface area contributed by atoms with Crippen molar-refractivity contribution in [1.82, 2.24) is 0 Å². The maximum Gasteiger partial charge on any atom is 0.333 e. The molecule has 0 amide bonds. The number of aliphatic carboxylic acids is 1. The van der Waals surface area contributed by atoms with Crippen molar-refractivity contribution in [3.63, 3.8) is 0 Å². The molecule has 0 saturated heterocycles. The van der Waals surface area contributed by atoms with Crippen LogP contribution in [0.25, 0.3) is 0 Å². The zero-order valence-electron chi connectivity index (χ0n) is 8.04. The lowest BCUT2D eigenvalue weighted by atomic mass is 10.1. The van der Waals surface area contributed by atoms with Gasteiger partial charge in [0.1, 0.15) is 5.82 Å². The van der Waals surface area contributed by atoms with Gasteiger partial charge in [-0.2, -0.15) is 0 Å². The first-order valence-electron chi connectivity index (χ1n) is 4.24. The van der Waals surface area contributed by atoms with Crippen LogP contribution in [0.5, 0.6) is 0 Å². The van der Waals surface area contributed by atoms with Gasteiger partial charge in [0.25, 0.3) is 0 Å². The Kier molecular flexibility index (Phi) is 4.23. The van der Waals surface area contributed by atoms with Crippen LogP contribution in [0.4, 0.5) is 4.39 Å². The van der Waals surface area contributed by atoms with E-state index in [1.54, 1.807) is 6.07 Å². The van der Waals surface area contributed by atoms with Crippen LogP contribution in [0.1, 0.15) is 5.56 Å². The van der Waals surface area contributed by atoms with Crippen molar-refractivity contribution in [2.24, 2.45) is 0 Å². The van der Waals surface area contributed by atoms with E-state index in [0.717, 1.165) is 0 Å². The van der Waals surface area contributed by atoms with Gasteiger partial charge in [0.05, 0.1) is 0 Å². The molecule has 3 nitrogen and oxygen atoms in total. The number of hydrogen-bond acceptors (Lipinski definition) is 2. The Balaban J connectivity index is 2.87. The first kappa shape index (κ1) is 12.1. The molecule has 0 aliphatic heterocycles. The van der Waals surface area contributed by atoms with Crippen LogP contribution in [0.15, 0.2) is 22.7 Å². The van der Waals surface area contributed by atoms with Crippen molar-refractivity contribution < 1.29 is 19.0 Å². The number of carbonyl (C=O) groups is 1. The van der Waals surface area contributed by atoms with Crippen LogP contribution in [0.3, 0.4) is 0 Å². The van der Waals surface area contributed by atoms with Crippen LogP contribution < -0.4 is 0 Å². The Morgan fingerprint density at radius 1 is 1.67 bits per heavy atom. The van der Waals surface area contributed by atoms with Gasteiger partial charge in [-0.25, -0.2) is 9.18 Å². The van der Waals surface area contributed by atoms with Crippen molar-refractivity contribution in [2.45, 2.75) is 12.5 Å². The summed E-state index contributed by atoms with van der Waals surface area (Å²) in [6.45, 7) is 0.